The van der Waals surface area contributed by atoms with Crippen molar-refractivity contribution in [2.75, 3.05) is 0 Å². The molecule has 0 aliphatic carbocycles. The molecule has 7 nitrogen and oxygen atoms in total. The molecule has 37 heavy (non-hydrogen) atoms. The number of benzene rings is 2. The van der Waals surface area contributed by atoms with E-state index in [1.165, 1.54) is 11.1 Å². The minimum absolute atomic E-state index is 0.626. The Bertz CT molecular complexity index is 2050. The number of imidazole rings is 2. The molecule has 6 heterocycles. The van der Waals surface area contributed by atoms with Crippen molar-refractivity contribution in [3.05, 3.63) is 96.8 Å². The minimum atomic E-state index is 0.626. The molecule has 0 fully saturated rings. The monoisotopic (exact) mass is 480 g/mol. The molecule has 8 rings (SSSR count). The molecule has 6 aromatic heterocycles. The third kappa shape index (κ3) is 2.76. The summed E-state index contributed by atoms with van der Waals surface area (Å²) in [5.74, 6) is 1.25. The maximum absolute atomic E-state index is 6.32. The van der Waals surface area contributed by atoms with Crippen molar-refractivity contribution in [2.45, 2.75) is 13.8 Å². The van der Waals surface area contributed by atoms with Gasteiger partial charge in [0.25, 0.3) is 0 Å². The van der Waals surface area contributed by atoms with Crippen molar-refractivity contribution >= 4 is 54.9 Å². The van der Waals surface area contributed by atoms with Crippen LogP contribution in [0.15, 0.2) is 85.7 Å². The van der Waals surface area contributed by atoms with E-state index in [4.69, 9.17) is 14.7 Å². The molecule has 0 amide bonds. The molecule has 0 spiro atoms. The van der Waals surface area contributed by atoms with Crippen molar-refractivity contribution < 1.29 is 4.74 Å². The molecule has 7 heteroatoms. The van der Waals surface area contributed by atoms with Crippen molar-refractivity contribution in [2.24, 2.45) is 0 Å². The van der Waals surface area contributed by atoms with Gasteiger partial charge in [0.05, 0.1) is 34.5 Å². The van der Waals surface area contributed by atoms with Gasteiger partial charge in [0, 0.05) is 46.3 Å². The maximum Gasteiger partial charge on any atom is 0.146 e. The second-order valence-corrected chi connectivity index (χ2v) is 9.42. The molecule has 0 radical (unpaired) electrons. The average Bonchev–Trinajstić information content (AvgIpc) is 3.59. The third-order valence-electron chi connectivity index (χ3n) is 7.19. The van der Waals surface area contributed by atoms with Crippen molar-refractivity contribution in [3.8, 4) is 11.5 Å². The van der Waals surface area contributed by atoms with Gasteiger partial charge >= 0.3 is 0 Å². The van der Waals surface area contributed by atoms with Gasteiger partial charge in [-0.2, -0.15) is 0 Å². The Kier molecular flexibility index (Phi) is 3.95. The van der Waals surface area contributed by atoms with E-state index in [9.17, 15) is 0 Å². The molecule has 8 aromatic rings. The Morgan fingerprint density at radius 1 is 0.595 bits per heavy atom. The summed E-state index contributed by atoms with van der Waals surface area (Å²) in [5, 5.41) is 4.05. The van der Waals surface area contributed by atoms with Crippen LogP contribution in [0.2, 0.25) is 0 Å². The van der Waals surface area contributed by atoms with E-state index in [-0.39, 0.29) is 0 Å². The molecule has 0 unspecified atom stereocenters. The van der Waals surface area contributed by atoms with Gasteiger partial charge < -0.3 is 4.74 Å². The topological polar surface area (TPSA) is 69.6 Å². The zero-order valence-corrected chi connectivity index (χ0v) is 20.2. The predicted molar refractivity (Wildman–Crippen MR) is 146 cm³/mol. The van der Waals surface area contributed by atoms with Crippen LogP contribution < -0.4 is 4.74 Å². The number of pyridine rings is 4. The first-order chi connectivity index (χ1) is 18.2. The lowest BCUT2D eigenvalue weighted by molar-refractivity contribution is 0.480. The molecule has 0 saturated carbocycles. The second-order valence-electron chi connectivity index (χ2n) is 9.42. The quantitative estimate of drug-likeness (QED) is 0.255. The fraction of sp³-hybridized carbons (Fsp3) is 0.0667. The van der Waals surface area contributed by atoms with Gasteiger partial charge in [0.1, 0.15) is 22.8 Å². The Morgan fingerprint density at radius 3 is 1.57 bits per heavy atom. The summed E-state index contributed by atoms with van der Waals surface area (Å²) in [6.07, 6.45) is 11.2. The van der Waals surface area contributed by atoms with E-state index in [1.807, 2.05) is 36.9 Å². The predicted octanol–water partition coefficient (Wildman–Crippen LogP) is 6.79. The van der Waals surface area contributed by atoms with E-state index in [1.54, 1.807) is 12.4 Å². The lowest BCUT2D eigenvalue weighted by Crippen LogP contribution is -1.96. The van der Waals surface area contributed by atoms with Gasteiger partial charge in [0.15, 0.2) is 0 Å². The van der Waals surface area contributed by atoms with Crippen LogP contribution in [-0.2, 0) is 0 Å². The second kappa shape index (κ2) is 7.24. The summed E-state index contributed by atoms with van der Waals surface area (Å²) in [5.41, 5.74) is 8.12. The van der Waals surface area contributed by atoms with Gasteiger partial charge in [-0.3, -0.25) is 18.8 Å². The first-order valence-corrected chi connectivity index (χ1v) is 12.1. The minimum Gasteiger partial charge on any atom is -0.454 e. The Labute approximate surface area is 210 Å². The van der Waals surface area contributed by atoms with Crippen molar-refractivity contribution in [1.29, 1.82) is 0 Å². The highest BCUT2D eigenvalue weighted by Gasteiger charge is 2.15. The van der Waals surface area contributed by atoms with Gasteiger partial charge in [-0.05, 0) is 37.1 Å². The normalized spacial score (nSPS) is 12.1. The Hall–Kier alpha value is -5.04. The first kappa shape index (κ1) is 20.2. The highest BCUT2D eigenvalue weighted by molar-refractivity contribution is 6.11. The molecule has 0 N–H and O–H groups in total. The number of rotatable bonds is 2. The number of aromatic nitrogens is 6. The van der Waals surface area contributed by atoms with Gasteiger partial charge in [-0.25, -0.2) is 9.97 Å². The summed E-state index contributed by atoms with van der Waals surface area (Å²) in [7, 11) is 0. The summed E-state index contributed by atoms with van der Waals surface area (Å²) in [4.78, 5) is 18.9. The average molecular weight is 481 g/mol. The number of para-hydroxylation sites is 2. The molecule has 0 aliphatic heterocycles. The van der Waals surface area contributed by atoms with E-state index < -0.39 is 0 Å². The van der Waals surface area contributed by atoms with Crippen LogP contribution in [0.4, 0.5) is 0 Å². The first-order valence-electron chi connectivity index (χ1n) is 12.1. The number of hydrogen-bond donors (Lipinski definition) is 0. The molecular weight excluding hydrogens is 460 g/mol. The highest BCUT2D eigenvalue weighted by atomic mass is 16.5. The van der Waals surface area contributed by atoms with Crippen LogP contribution >= 0.6 is 0 Å². The smallest absolute Gasteiger partial charge is 0.146 e. The SMILES string of the molecule is Cc1cccc2c3ncc(Oc4cnc5c(c4)c4nccn4c4c(C)cccc54)cc3c3nccn3c12. The van der Waals surface area contributed by atoms with E-state index in [0.29, 0.717) is 11.5 Å². The molecule has 0 bridgehead atoms. The molecule has 0 saturated heterocycles. The molecule has 0 atom stereocenters. The number of ether oxygens (including phenoxy) is 1. The lowest BCUT2D eigenvalue weighted by Gasteiger charge is -2.13. The van der Waals surface area contributed by atoms with Crippen LogP contribution in [0.1, 0.15) is 11.1 Å². The molecule has 176 valence electrons. The number of fused-ring (bicyclic) bond motifs is 12. The Morgan fingerprint density at radius 2 is 1.08 bits per heavy atom. The van der Waals surface area contributed by atoms with Crippen molar-refractivity contribution in [3.63, 3.8) is 0 Å². The highest BCUT2D eigenvalue weighted by Crippen LogP contribution is 2.35. The van der Waals surface area contributed by atoms with Crippen molar-refractivity contribution in [1.82, 2.24) is 28.7 Å². The Balaban J connectivity index is 1.32. The summed E-state index contributed by atoms with van der Waals surface area (Å²) in [6.45, 7) is 4.22. The van der Waals surface area contributed by atoms with E-state index in [2.05, 4.69) is 69.0 Å². The lowest BCUT2D eigenvalue weighted by atomic mass is 10.1. The van der Waals surface area contributed by atoms with Crippen LogP contribution in [-0.4, -0.2) is 28.7 Å². The van der Waals surface area contributed by atoms with E-state index >= 15 is 0 Å². The summed E-state index contributed by atoms with van der Waals surface area (Å²) < 4.78 is 10.6. The van der Waals surface area contributed by atoms with Gasteiger partial charge in [-0.15, -0.1) is 0 Å². The standard InChI is InChI=1S/C30H20N6O/c1-17-5-3-7-21-25-23(29-31-9-11-35(29)27(17)21)13-19(15-33-25)37-20-14-24-26(34-16-20)22-8-4-6-18(2)28(22)36-12-10-32-30(24)36/h3-16H,1-2H3. The zero-order chi connectivity index (χ0) is 24.7. The number of nitrogens with zero attached hydrogens (tertiary/aromatic N) is 6. The van der Waals surface area contributed by atoms with Crippen LogP contribution in [0.25, 0.3) is 54.9 Å². The largest absolute Gasteiger partial charge is 0.454 e. The molecular formula is C30H20N6O. The summed E-state index contributed by atoms with van der Waals surface area (Å²) in [6, 6.07) is 16.6. The number of hydrogen-bond acceptors (Lipinski definition) is 5. The maximum atomic E-state index is 6.32. The zero-order valence-electron chi connectivity index (χ0n) is 20.2. The fourth-order valence-electron chi connectivity index (χ4n) is 5.61. The third-order valence-corrected chi connectivity index (χ3v) is 7.19. The fourth-order valence-corrected chi connectivity index (χ4v) is 5.61. The summed E-state index contributed by atoms with van der Waals surface area (Å²) >= 11 is 0. The van der Waals surface area contributed by atoms with Gasteiger partial charge in [-0.1, -0.05) is 36.4 Å². The van der Waals surface area contributed by atoms with Crippen LogP contribution in [0, 0.1) is 13.8 Å². The molecule has 0 aliphatic rings. The van der Waals surface area contributed by atoms with E-state index in [0.717, 1.165) is 54.9 Å². The van der Waals surface area contributed by atoms with Crippen LogP contribution in [0.3, 0.4) is 0 Å². The van der Waals surface area contributed by atoms with Gasteiger partial charge in [0.2, 0.25) is 0 Å². The molecule has 2 aromatic carbocycles. The number of aryl methyl sites for hydroxylation is 2. The van der Waals surface area contributed by atoms with Crippen LogP contribution in [0.5, 0.6) is 11.5 Å².